The highest BCUT2D eigenvalue weighted by Gasteiger charge is 2.24. The van der Waals surface area contributed by atoms with Crippen LogP contribution in [-0.2, 0) is 9.53 Å². The van der Waals surface area contributed by atoms with Crippen LogP contribution in [0.3, 0.4) is 0 Å². The van der Waals surface area contributed by atoms with E-state index >= 15 is 0 Å². The summed E-state index contributed by atoms with van der Waals surface area (Å²) in [6.45, 7) is 0. The van der Waals surface area contributed by atoms with Crippen LogP contribution in [0.5, 0.6) is 5.75 Å². The fraction of sp³-hybridized carbons (Fsp3) is 0.130. The third-order valence-electron chi connectivity index (χ3n) is 4.42. The summed E-state index contributed by atoms with van der Waals surface area (Å²) in [6, 6.07) is 23.9. The van der Waals surface area contributed by atoms with Crippen molar-refractivity contribution < 1.29 is 19.1 Å². The minimum Gasteiger partial charge on any atom is -0.497 e. The van der Waals surface area contributed by atoms with Crippen LogP contribution in [0, 0.1) is 0 Å². The molecule has 0 bridgehead atoms. The number of anilines is 1. The largest absolute Gasteiger partial charge is 0.497 e. The Bertz CT molecular complexity index is 915. The molecule has 0 unspecified atom stereocenters. The number of carbonyl (C=O) groups excluding carboxylic acids is 2. The van der Waals surface area contributed by atoms with E-state index in [-0.39, 0.29) is 11.5 Å². The number of amides is 1. The molecule has 1 N–H and O–H groups in total. The summed E-state index contributed by atoms with van der Waals surface area (Å²) in [5, 5.41) is 2.88. The van der Waals surface area contributed by atoms with Gasteiger partial charge >= 0.3 is 5.97 Å². The SMILES string of the molecule is COC(=O)c1cc(OC)ccc1NC(=O)C(c1ccccc1)c1ccccc1. The number of nitrogens with one attached hydrogen (secondary N) is 1. The number of carbonyl (C=O) groups is 2. The van der Waals surface area contributed by atoms with Crippen LogP contribution in [0.1, 0.15) is 27.4 Å². The van der Waals surface area contributed by atoms with Crippen molar-refractivity contribution in [3.05, 3.63) is 95.6 Å². The summed E-state index contributed by atoms with van der Waals surface area (Å²) in [5.74, 6) is -0.811. The van der Waals surface area contributed by atoms with E-state index < -0.39 is 11.9 Å². The summed E-state index contributed by atoms with van der Waals surface area (Å²) in [5.41, 5.74) is 2.32. The van der Waals surface area contributed by atoms with Crippen molar-refractivity contribution in [2.45, 2.75) is 5.92 Å². The molecular weight excluding hydrogens is 354 g/mol. The molecule has 142 valence electrons. The van der Waals surface area contributed by atoms with Crippen molar-refractivity contribution in [2.75, 3.05) is 19.5 Å². The molecule has 3 aromatic carbocycles. The quantitative estimate of drug-likeness (QED) is 0.654. The van der Waals surface area contributed by atoms with Gasteiger partial charge in [0.15, 0.2) is 0 Å². The molecule has 0 aromatic heterocycles. The van der Waals surface area contributed by atoms with E-state index in [2.05, 4.69) is 5.32 Å². The lowest BCUT2D eigenvalue weighted by Gasteiger charge is -2.19. The number of rotatable bonds is 6. The zero-order valence-electron chi connectivity index (χ0n) is 15.7. The second kappa shape index (κ2) is 8.86. The van der Waals surface area contributed by atoms with Crippen LogP contribution in [0.15, 0.2) is 78.9 Å². The normalized spacial score (nSPS) is 10.4. The van der Waals surface area contributed by atoms with E-state index in [0.29, 0.717) is 11.4 Å². The number of hydrogen-bond donors (Lipinski definition) is 1. The van der Waals surface area contributed by atoms with Crippen LogP contribution in [0.25, 0.3) is 0 Å². The lowest BCUT2D eigenvalue weighted by atomic mass is 9.90. The zero-order valence-corrected chi connectivity index (χ0v) is 15.7. The highest BCUT2D eigenvalue weighted by molar-refractivity contribution is 6.04. The van der Waals surface area contributed by atoms with Crippen LogP contribution in [-0.4, -0.2) is 26.1 Å². The molecule has 0 radical (unpaired) electrons. The van der Waals surface area contributed by atoms with Crippen LogP contribution in [0.4, 0.5) is 5.69 Å². The first-order valence-electron chi connectivity index (χ1n) is 8.81. The predicted molar refractivity (Wildman–Crippen MR) is 108 cm³/mol. The van der Waals surface area contributed by atoms with Gasteiger partial charge in [0.2, 0.25) is 5.91 Å². The molecule has 5 heteroatoms. The van der Waals surface area contributed by atoms with E-state index in [9.17, 15) is 9.59 Å². The van der Waals surface area contributed by atoms with Crippen LogP contribution >= 0.6 is 0 Å². The van der Waals surface area contributed by atoms with Gasteiger partial charge in [0.1, 0.15) is 5.75 Å². The molecular formula is C23H21NO4. The van der Waals surface area contributed by atoms with Crippen molar-refractivity contribution in [3.8, 4) is 5.75 Å². The van der Waals surface area contributed by atoms with Gasteiger partial charge in [0.25, 0.3) is 0 Å². The lowest BCUT2D eigenvalue weighted by molar-refractivity contribution is -0.116. The van der Waals surface area contributed by atoms with Crippen molar-refractivity contribution in [1.82, 2.24) is 0 Å². The first-order valence-corrected chi connectivity index (χ1v) is 8.81. The van der Waals surface area contributed by atoms with Crippen molar-refractivity contribution in [3.63, 3.8) is 0 Å². The molecule has 3 rings (SSSR count). The molecule has 0 saturated carbocycles. The van der Waals surface area contributed by atoms with Gasteiger partial charge < -0.3 is 14.8 Å². The van der Waals surface area contributed by atoms with E-state index in [1.54, 1.807) is 18.2 Å². The number of methoxy groups -OCH3 is 2. The Hall–Kier alpha value is -3.60. The van der Waals surface area contributed by atoms with Crippen molar-refractivity contribution in [1.29, 1.82) is 0 Å². The Morgan fingerprint density at radius 3 is 1.89 bits per heavy atom. The maximum absolute atomic E-state index is 13.2. The van der Waals surface area contributed by atoms with Gasteiger partial charge in [-0.15, -0.1) is 0 Å². The Kier molecular flexibility index (Phi) is 6.07. The third kappa shape index (κ3) is 4.20. The molecule has 0 atom stereocenters. The zero-order chi connectivity index (χ0) is 19.9. The lowest BCUT2D eigenvalue weighted by Crippen LogP contribution is -2.23. The molecule has 0 aliphatic carbocycles. The topological polar surface area (TPSA) is 64.6 Å². The van der Waals surface area contributed by atoms with Crippen molar-refractivity contribution >= 4 is 17.6 Å². The third-order valence-corrected chi connectivity index (χ3v) is 4.42. The average Bonchev–Trinajstić information content (AvgIpc) is 2.75. The Labute approximate surface area is 163 Å². The summed E-state index contributed by atoms with van der Waals surface area (Å²) in [7, 11) is 2.81. The van der Waals surface area contributed by atoms with Crippen LogP contribution < -0.4 is 10.1 Å². The second-order valence-corrected chi connectivity index (χ2v) is 6.15. The first kappa shape index (κ1) is 19.2. The molecule has 1 amide bonds. The molecule has 3 aromatic rings. The number of ether oxygens (including phenoxy) is 2. The molecule has 0 fully saturated rings. The van der Waals surface area contributed by atoms with E-state index in [1.165, 1.54) is 14.2 Å². The average molecular weight is 375 g/mol. The van der Waals surface area contributed by atoms with Gasteiger partial charge in [-0.05, 0) is 29.3 Å². The van der Waals surface area contributed by atoms with Gasteiger partial charge in [-0.25, -0.2) is 4.79 Å². The molecule has 5 nitrogen and oxygen atoms in total. The highest BCUT2D eigenvalue weighted by atomic mass is 16.5. The molecule has 28 heavy (non-hydrogen) atoms. The maximum atomic E-state index is 13.2. The molecule has 0 aliphatic heterocycles. The summed E-state index contributed by atoms with van der Waals surface area (Å²) in [6.07, 6.45) is 0. The van der Waals surface area contributed by atoms with E-state index in [4.69, 9.17) is 9.47 Å². The minimum absolute atomic E-state index is 0.232. The number of benzene rings is 3. The van der Waals surface area contributed by atoms with Gasteiger partial charge in [0.05, 0.1) is 31.4 Å². The minimum atomic E-state index is -0.551. The molecule has 0 heterocycles. The van der Waals surface area contributed by atoms with Gasteiger partial charge in [0, 0.05) is 0 Å². The second-order valence-electron chi connectivity index (χ2n) is 6.15. The highest BCUT2D eigenvalue weighted by Crippen LogP contribution is 2.28. The maximum Gasteiger partial charge on any atom is 0.340 e. The summed E-state index contributed by atoms with van der Waals surface area (Å²) >= 11 is 0. The summed E-state index contributed by atoms with van der Waals surface area (Å²) in [4.78, 5) is 25.4. The Balaban J connectivity index is 1.98. The Morgan fingerprint density at radius 2 is 1.39 bits per heavy atom. The summed E-state index contributed by atoms with van der Waals surface area (Å²) < 4.78 is 10.0. The van der Waals surface area contributed by atoms with E-state index in [1.807, 2.05) is 60.7 Å². The number of esters is 1. The monoisotopic (exact) mass is 375 g/mol. The van der Waals surface area contributed by atoms with Gasteiger partial charge in [-0.3, -0.25) is 4.79 Å². The number of hydrogen-bond acceptors (Lipinski definition) is 4. The Morgan fingerprint density at radius 1 is 0.821 bits per heavy atom. The smallest absolute Gasteiger partial charge is 0.340 e. The van der Waals surface area contributed by atoms with Gasteiger partial charge in [-0.1, -0.05) is 60.7 Å². The van der Waals surface area contributed by atoms with E-state index in [0.717, 1.165) is 11.1 Å². The first-order chi connectivity index (χ1) is 13.6. The van der Waals surface area contributed by atoms with Gasteiger partial charge in [-0.2, -0.15) is 0 Å². The molecule has 0 saturated heterocycles. The van der Waals surface area contributed by atoms with Crippen molar-refractivity contribution in [2.24, 2.45) is 0 Å². The predicted octanol–water partition coefficient (Wildman–Crippen LogP) is 4.25. The molecule has 0 aliphatic rings. The molecule has 0 spiro atoms. The standard InChI is InChI=1S/C23H21NO4/c1-27-18-13-14-20(19(15-18)23(26)28-2)24-22(25)21(16-9-5-3-6-10-16)17-11-7-4-8-12-17/h3-15,21H,1-2H3,(H,24,25). The van der Waals surface area contributed by atoms with Crippen LogP contribution in [0.2, 0.25) is 0 Å². The fourth-order valence-electron chi connectivity index (χ4n) is 3.03. The fourth-order valence-corrected chi connectivity index (χ4v) is 3.03.